The third kappa shape index (κ3) is 2.33. The van der Waals surface area contributed by atoms with Crippen LogP contribution in [0.1, 0.15) is 33.3 Å². The van der Waals surface area contributed by atoms with E-state index >= 15 is 0 Å². The van der Waals surface area contributed by atoms with Crippen LogP contribution in [0.15, 0.2) is 28.8 Å². The highest BCUT2D eigenvalue weighted by atomic mass is 32.2. The first kappa shape index (κ1) is 15.1. The first-order valence-corrected chi connectivity index (χ1v) is 7.87. The Morgan fingerprint density at radius 2 is 1.81 bits per heavy atom. The lowest BCUT2D eigenvalue weighted by Crippen LogP contribution is -2.41. The summed E-state index contributed by atoms with van der Waals surface area (Å²) in [5, 5.41) is 0. The molecule has 0 amide bonds. The lowest BCUT2D eigenvalue weighted by Gasteiger charge is -2.32. The third-order valence-corrected chi connectivity index (χ3v) is 5.54. The maximum atomic E-state index is 14.8. The van der Waals surface area contributed by atoms with Crippen LogP contribution in [0.2, 0.25) is 0 Å². The summed E-state index contributed by atoms with van der Waals surface area (Å²) in [7, 11) is -1.03. The van der Waals surface area contributed by atoms with Gasteiger partial charge in [0.1, 0.15) is 11.5 Å². The van der Waals surface area contributed by atoms with Gasteiger partial charge < -0.3 is 9.31 Å². The molecule has 6 heteroatoms. The van der Waals surface area contributed by atoms with E-state index in [2.05, 4.69) is 0 Å². The van der Waals surface area contributed by atoms with Crippen LogP contribution in [-0.2, 0) is 9.31 Å². The van der Waals surface area contributed by atoms with Crippen LogP contribution in [0.3, 0.4) is 0 Å². The van der Waals surface area contributed by atoms with Crippen LogP contribution < -0.4 is 0 Å². The van der Waals surface area contributed by atoms with E-state index in [-0.39, 0.29) is 5.82 Å². The van der Waals surface area contributed by atoms with Crippen molar-refractivity contribution in [2.45, 2.75) is 43.8 Å². The summed E-state index contributed by atoms with van der Waals surface area (Å²) >= 11 is 1.31. The van der Waals surface area contributed by atoms with Gasteiger partial charge in [0.25, 0.3) is 0 Å². The molecule has 3 rings (SSSR count). The number of fused-ring (bicyclic) bond motifs is 1. The second-order valence-electron chi connectivity index (χ2n) is 6.32. The smallest absolute Gasteiger partial charge is 0.398 e. The van der Waals surface area contributed by atoms with Crippen molar-refractivity contribution in [2.24, 2.45) is 0 Å². The lowest BCUT2D eigenvalue weighted by atomic mass is 9.83. The molecule has 2 heterocycles. The summed E-state index contributed by atoms with van der Waals surface area (Å²) in [4.78, 5) is 0.499. The average Bonchev–Trinajstić information content (AvgIpc) is 2.89. The number of thioether (sulfide) groups is 1. The van der Waals surface area contributed by atoms with Crippen molar-refractivity contribution < 1.29 is 18.1 Å². The van der Waals surface area contributed by atoms with Gasteiger partial charge in [0.05, 0.1) is 16.1 Å². The summed E-state index contributed by atoms with van der Waals surface area (Å²) < 4.78 is 40.0. The predicted molar refractivity (Wildman–Crippen MR) is 81.2 cm³/mol. The summed E-state index contributed by atoms with van der Waals surface area (Å²) in [5.41, 5.74) is -0.566. The predicted octanol–water partition coefficient (Wildman–Crippen LogP) is 4.24. The van der Waals surface area contributed by atoms with Crippen molar-refractivity contribution in [1.82, 2.24) is 0 Å². The minimum absolute atomic E-state index is 0.311. The van der Waals surface area contributed by atoms with E-state index in [0.717, 1.165) is 0 Å². The van der Waals surface area contributed by atoms with Crippen molar-refractivity contribution >= 4 is 24.5 Å². The Balaban J connectivity index is 1.98. The fourth-order valence-corrected chi connectivity index (χ4v) is 3.54. The highest BCUT2D eigenvalue weighted by Gasteiger charge is 2.53. The van der Waals surface area contributed by atoms with Gasteiger partial charge in [0.15, 0.2) is 0 Å². The molecule has 0 aliphatic carbocycles. The molecule has 1 saturated heterocycles. The highest BCUT2D eigenvalue weighted by molar-refractivity contribution is 8.00. The van der Waals surface area contributed by atoms with Crippen molar-refractivity contribution in [3.63, 3.8) is 0 Å². The fourth-order valence-electron chi connectivity index (χ4n) is 2.40. The molecular weight excluding hydrogens is 293 g/mol. The van der Waals surface area contributed by atoms with Crippen LogP contribution in [0.5, 0.6) is 0 Å². The van der Waals surface area contributed by atoms with Gasteiger partial charge in [-0.1, -0.05) is 12.1 Å². The van der Waals surface area contributed by atoms with Crippen LogP contribution in [-0.4, -0.2) is 24.1 Å². The van der Waals surface area contributed by atoms with Crippen LogP contribution in [0.25, 0.3) is 5.57 Å². The molecule has 2 aliphatic rings. The molecule has 0 atom stereocenters. The minimum Gasteiger partial charge on any atom is -0.398 e. The molecule has 1 fully saturated rings. The quantitative estimate of drug-likeness (QED) is 0.723. The van der Waals surface area contributed by atoms with E-state index in [9.17, 15) is 8.78 Å². The van der Waals surface area contributed by atoms with Gasteiger partial charge in [-0.2, -0.15) is 0 Å². The maximum Gasteiger partial charge on any atom is 0.525 e. The molecule has 2 nitrogen and oxygen atoms in total. The van der Waals surface area contributed by atoms with E-state index in [4.69, 9.17) is 9.31 Å². The number of halogens is 2. The first-order chi connectivity index (χ1) is 9.73. The molecule has 0 N–H and O–H groups in total. The average molecular weight is 310 g/mol. The molecule has 112 valence electrons. The van der Waals surface area contributed by atoms with E-state index in [1.807, 2.05) is 27.7 Å². The molecular formula is C15H17BF2O2S. The Hall–Kier alpha value is -0.845. The topological polar surface area (TPSA) is 18.5 Å². The van der Waals surface area contributed by atoms with Gasteiger partial charge in [-0.15, -0.1) is 11.8 Å². The summed E-state index contributed by atoms with van der Waals surface area (Å²) in [6.45, 7) is 7.51. The Bertz CT molecular complexity index is 612. The number of rotatable bonds is 1. The number of hydrogen-bond donors (Lipinski definition) is 0. The van der Waals surface area contributed by atoms with Crippen molar-refractivity contribution in [3.05, 3.63) is 35.3 Å². The number of hydrogen-bond acceptors (Lipinski definition) is 3. The Kier molecular flexibility index (Phi) is 3.47. The van der Waals surface area contributed by atoms with E-state index in [1.54, 1.807) is 12.1 Å². The molecule has 0 unspecified atom stereocenters. The first-order valence-electron chi connectivity index (χ1n) is 6.89. The molecule has 0 radical (unpaired) electrons. The van der Waals surface area contributed by atoms with E-state index < -0.39 is 24.0 Å². The highest BCUT2D eigenvalue weighted by Crippen LogP contribution is 2.45. The van der Waals surface area contributed by atoms with Crippen molar-refractivity contribution in [3.8, 4) is 0 Å². The number of benzene rings is 1. The summed E-state index contributed by atoms with van der Waals surface area (Å²) in [6, 6.07) is 4.72. The molecule has 0 spiro atoms. The van der Waals surface area contributed by atoms with E-state index in [0.29, 0.717) is 21.8 Å². The normalized spacial score (nSPS) is 25.1. The molecule has 0 bridgehead atoms. The minimum atomic E-state index is -1.03. The van der Waals surface area contributed by atoms with Gasteiger partial charge in [-0.3, -0.25) is 0 Å². The van der Waals surface area contributed by atoms with Crippen LogP contribution in [0.4, 0.5) is 8.78 Å². The molecule has 0 aromatic heterocycles. The second kappa shape index (κ2) is 4.83. The third-order valence-electron chi connectivity index (χ3n) is 4.40. The van der Waals surface area contributed by atoms with Gasteiger partial charge >= 0.3 is 7.12 Å². The second-order valence-corrected chi connectivity index (χ2v) is 7.31. The summed E-state index contributed by atoms with van der Waals surface area (Å²) in [5.74, 6) is 0.0841. The molecule has 0 saturated carbocycles. The van der Waals surface area contributed by atoms with Crippen LogP contribution >= 0.6 is 11.8 Å². The Labute approximate surface area is 128 Å². The standard InChI is InChI=1S/C15H17BF2O2S/c1-14(2)15(3,4)20-16(19-14)13(18)10-8-21-12-9(10)6-5-7-11(12)17/h5-7H,8H2,1-4H3. The van der Waals surface area contributed by atoms with Gasteiger partial charge in [0.2, 0.25) is 0 Å². The molecule has 21 heavy (non-hydrogen) atoms. The monoisotopic (exact) mass is 310 g/mol. The molecule has 1 aromatic carbocycles. The van der Waals surface area contributed by atoms with Gasteiger partial charge in [-0.05, 0) is 44.9 Å². The zero-order valence-corrected chi connectivity index (χ0v) is 13.3. The molecule has 2 aliphatic heterocycles. The Morgan fingerprint density at radius 3 is 2.43 bits per heavy atom. The van der Waals surface area contributed by atoms with Gasteiger partial charge in [0, 0.05) is 5.75 Å². The SMILES string of the molecule is CC1(C)OB(C(F)=C2CSc3c(F)cccc32)OC1(C)C. The van der Waals surface area contributed by atoms with Crippen LogP contribution in [0, 0.1) is 5.82 Å². The summed E-state index contributed by atoms with van der Waals surface area (Å²) in [6.07, 6.45) is 0. The molecule has 1 aromatic rings. The van der Waals surface area contributed by atoms with E-state index in [1.165, 1.54) is 17.8 Å². The van der Waals surface area contributed by atoms with Crippen molar-refractivity contribution in [2.75, 3.05) is 5.75 Å². The zero-order valence-electron chi connectivity index (χ0n) is 12.5. The lowest BCUT2D eigenvalue weighted by molar-refractivity contribution is 0.00578. The fraction of sp³-hybridized carbons (Fsp3) is 0.467. The Morgan fingerprint density at radius 1 is 1.19 bits per heavy atom. The zero-order chi connectivity index (χ0) is 15.4. The van der Waals surface area contributed by atoms with Gasteiger partial charge in [-0.25, -0.2) is 8.78 Å². The maximum absolute atomic E-state index is 14.8. The van der Waals surface area contributed by atoms with Crippen molar-refractivity contribution in [1.29, 1.82) is 0 Å². The largest absolute Gasteiger partial charge is 0.525 e.